The molecular formula is C20H13FN4. The second-order valence-corrected chi connectivity index (χ2v) is 5.85. The highest BCUT2D eigenvalue weighted by Crippen LogP contribution is 2.23. The van der Waals surface area contributed by atoms with E-state index in [1.165, 1.54) is 12.1 Å². The van der Waals surface area contributed by atoms with Gasteiger partial charge in [0, 0.05) is 11.8 Å². The Kier molecular flexibility index (Phi) is 2.94. The third-order valence-corrected chi connectivity index (χ3v) is 4.31. The zero-order valence-corrected chi connectivity index (χ0v) is 13.2. The van der Waals surface area contributed by atoms with E-state index in [-0.39, 0.29) is 5.82 Å². The molecular weight excluding hydrogens is 315 g/mol. The first-order valence-corrected chi connectivity index (χ1v) is 7.96. The van der Waals surface area contributed by atoms with Crippen LogP contribution in [0.25, 0.3) is 33.8 Å². The van der Waals surface area contributed by atoms with Gasteiger partial charge in [-0.15, -0.1) is 0 Å². The SMILES string of the molecule is Fc1ccc(-c2cn3c(-n4cnc5ccccc54)cccc3n2)cc1. The van der Waals surface area contributed by atoms with Crippen molar-refractivity contribution in [2.75, 3.05) is 0 Å². The number of rotatable bonds is 2. The molecule has 0 spiro atoms. The molecule has 5 rings (SSSR count). The number of benzene rings is 2. The molecule has 0 saturated heterocycles. The second-order valence-electron chi connectivity index (χ2n) is 5.85. The van der Waals surface area contributed by atoms with Gasteiger partial charge < -0.3 is 0 Å². The van der Waals surface area contributed by atoms with Gasteiger partial charge in [0.2, 0.25) is 0 Å². The molecule has 0 aliphatic carbocycles. The lowest BCUT2D eigenvalue weighted by Gasteiger charge is -2.07. The highest BCUT2D eigenvalue weighted by Gasteiger charge is 2.10. The molecule has 0 amide bonds. The van der Waals surface area contributed by atoms with Crippen molar-refractivity contribution in [3.05, 3.63) is 85.1 Å². The van der Waals surface area contributed by atoms with Crippen molar-refractivity contribution < 1.29 is 4.39 Å². The van der Waals surface area contributed by atoms with Gasteiger partial charge in [0.25, 0.3) is 0 Å². The summed E-state index contributed by atoms with van der Waals surface area (Å²) in [6.07, 6.45) is 3.78. The Morgan fingerprint density at radius 1 is 0.840 bits per heavy atom. The van der Waals surface area contributed by atoms with Crippen molar-refractivity contribution in [3.8, 4) is 17.1 Å². The third kappa shape index (κ3) is 2.21. The Morgan fingerprint density at radius 2 is 1.68 bits per heavy atom. The molecule has 3 heterocycles. The first-order valence-electron chi connectivity index (χ1n) is 7.96. The molecule has 3 aromatic heterocycles. The number of hydrogen-bond acceptors (Lipinski definition) is 2. The van der Waals surface area contributed by atoms with Crippen LogP contribution in [0.15, 0.2) is 79.3 Å². The molecule has 0 radical (unpaired) electrons. The molecule has 120 valence electrons. The number of pyridine rings is 1. The number of hydrogen-bond donors (Lipinski definition) is 0. The normalized spacial score (nSPS) is 11.4. The molecule has 5 heteroatoms. The van der Waals surface area contributed by atoms with E-state index in [4.69, 9.17) is 0 Å². The highest BCUT2D eigenvalue weighted by atomic mass is 19.1. The zero-order chi connectivity index (χ0) is 16.8. The Balaban J connectivity index is 1.73. The summed E-state index contributed by atoms with van der Waals surface area (Å²) in [6, 6.07) is 20.3. The Labute approximate surface area is 142 Å². The van der Waals surface area contributed by atoms with E-state index in [0.29, 0.717) is 0 Å². The minimum absolute atomic E-state index is 0.252. The minimum atomic E-state index is -0.252. The average molecular weight is 328 g/mol. The van der Waals surface area contributed by atoms with Crippen LogP contribution in [0.3, 0.4) is 0 Å². The fraction of sp³-hybridized carbons (Fsp3) is 0. The van der Waals surface area contributed by atoms with Gasteiger partial charge in [-0.25, -0.2) is 14.4 Å². The van der Waals surface area contributed by atoms with Crippen molar-refractivity contribution in [3.63, 3.8) is 0 Å². The standard InChI is InChI=1S/C20H13FN4/c21-15-10-8-14(9-11-15)17-12-24-19(23-17)6-3-7-20(24)25-13-22-16-4-1-2-5-18(16)25/h1-13H. The van der Waals surface area contributed by atoms with E-state index in [0.717, 1.165) is 33.8 Å². The van der Waals surface area contributed by atoms with Crippen LogP contribution in [-0.4, -0.2) is 18.9 Å². The van der Waals surface area contributed by atoms with Gasteiger partial charge in [-0.1, -0.05) is 18.2 Å². The summed E-state index contributed by atoms with van der Waals surface area (Å²) in [5.41, 5.74) is 4.49. The third-order valence-electron chi connectivity index (χ3n) is 4.31. The maximum Gasteiger partial charge on any atom is 0.139 e. The van der Waals surface area contributed by atoms with Crippen LogP contribution in [0.4, 0.5) is 4.39 Å². The maximum atomic E-state index is 13.2. The van der Waals surface area contributed by atoms with Crippen LogP contribution in [0.1, 0.15) is 0 Å². The molecule has 0 unspecified atom stereocenters. The smallest absolute Gasteiger partial charge is 0.139 e. The number of aromatic nitrogens is 4. The van der Waals surface area contributed by atoms with E-state index in [9.17, 15) is 4.39 Å². The maximum absolute atomic E-state index is 13.2. The molecule has 5 aromatic rings. The van der Waals surface area contributed by atoms with Crippen LogP contribution in [0.2, 0.25) is 0 Å². The molecule has 0 bridgehead atoms. The first-order chi connectivity index (χ1) is 12.3. The fourth-order valence-electron chi connectivity index (χ4n) is 3.09. The lowest BCUT2D eigenvalue weighted by atomic mass is 10.2. The fourth-order valence-corrected chi connectivity index (χ4v) is 3.09. The Bertz CT molecular complexity index is 1200. The van der Waals surface area contributed by atoms with Crippen molar-refractivity contribution >= 4 is 16.7 Å². The van der Waals surface area contributed by atoms with Crippen LogP contribution >= 0.6 is 0 Å². The van der Waals surface area contributed by atoms with Crippen LogP contribution in [0, 0.1) is 5.82 Å². The predicted octanol–water partition coefficient (Wildman–Crippen LogP) is 4.48. The van der Waals surface area contributed by atoms with E-state index < -0.39 is 0 Å². The highest BCUT2D eigenvalue weighted by molar-refractivity contribution is 5.77. The molecule has 2 aromatic carbocycles. The summed E-state index contributed by atoms with van der Waals surface area (Å²) in [7, 11) is 0. The van der Waals surface area contributed by atoms with E-state index >= 15 is 0 Å². The number of fused-ring (bicyclic) bond motifs is 2. The second kappa shape index (κ2) is 5.27. The van der Waals surface area contributed by atoms with Crippen molar-refractivity contribution in [2.45, 2.75) is 0 Å². The van der Waals surface area contributed by atoms with Crippen molar-refractivity contribution in [2.24, 2.45) is 0 Å². The molecule has 0 aliphatic heterocycles. The Morgan fingerprint density at radius 3 is 2.56 bits per heavy atom. The zero-order valence-electron chi connectivity index (χ0n) is 13.2. The lowest BCUT2D eigenvalue weighted by molar-refractivity contribution is 0.628. The summed E-state index contributed by atoms with van der Waals surface area (Å²) in [4.78, 5) is 9.13. The topological polar surface area (TPSA) is 35.1 Å². The Hall–Kier alpha value is -3.47. The van der Waals surface area contributed by atoms with Crippen molar-refractivity contribution in [1.82, 2.24) is 18.9 Å². The lowest BCUT2D eigenvalue weighted by Crippen LogP contribution is -1.99. The summed E-state index contributed by atoms with van der Waals surface area (Å²) in [6.45, 7) is 0. The summed E-state index contributed by atoms with van der Waals surface area (Å²) in [5, 5.41) is 0. The number of nitrogens with zero attached hydrogens (tertiary/aromatic N) is 4. The van der Waals surface area contributed by atoms with Crippen LogP contribution in [0.5, 0.6) is 0 Å². The van der Waals surface area contributed by atoms with Crippen molar-refractivity contribution in [1.29, 1.82) is 0 Å². The number of halogens is 1. The van der Waals surface area contributed by atoms with Gasteiger partial charge in [0.1, 0.15) is 23.6 Å². The van der Waals surface area contributed by atoms with Gasteiger partial charge in [0.05, 0.1) is 16.7 Å². The summed E-state index contributed by atoms with van der Waals surface area (Å²) in [5.74, 6) is 0.699. The van der Waals surface area contributed by atoms with Crippen LogP contribution in [-0.2, 0) is 0 Å². The van der Waals surface area contributed by atoms with Crippen LogP contribution < -0.4 is 0 Å². The van der Waals surface area contributed by atoms with Gasteiger partial charge in [-0.05, 0) is 48.5 Å². The molecule has 0 saturated carbocycles. The molecule has 0 N–H and O–H groups in total. The van der Waals surface area contributed by atoms with Gasteiger partial charge in [-0.3, -0.25) is 8.97 Å². The largest absolute Gasteiger partial charge is 0.285 e. The molecule has 0 atom stereocenters. The van der Waals surface area contributed by atoms with Gasteiger partial charge in [-0.2, -0.15) is 0 Å². The number of imidazole rings is 2. The van der Waals surface area contributed by atoms with Gasteiger partial charge >= 0.3 is 0 Å². The van der Waals surface area contributed by atoms with Gasteiger partial charge in [0.15, 0.2) is 0 Å². The summed E-state index contributed by atoms with van der Waals surface area (Å²) < 4.78 is 17.2. The molecule has 0 fully saturated rings. The average Bonchev–Trinajstić information content (AvgIpc) is 3.26. The quantitative estimate of drug-likeness (QED) is 0.479. The van der Waals surface area contributed by atoms with E-state index in [1.807, 2.05) is 64.0 Å². The molecule has 25 heavy (non-hydrogen) atoms. The predicted molar refractivity (Wildman–Crippen MR) is 95.2 cm³/mol. The van der Waals surface area contributed by atoms with E-state index in [2.05, 4.69) is 9.97 Å². The monoisotopic (exact) mass is 328 g/mol. The first kappa shape index (κ1) is 13.9. The molecule has 4 nitrogen and oxygen atoms in total. The number of para-hydroxylation sites is 2. The summed E-state index contributed by atoms with van der Waals surface area (Å²) >= 11 is 0. The minimum Gasteiger partial charge on any atom is -0.285 e. The molecule has 0 aliphatic rings. The van der Waals surface area contributed by atoms with E-state index in [1.54, 1.807) is 12.1 Å².